The van der Waals surface area contributed by atoms with E-state index in [2.05, 4.69) is 52.9 Å². The molecule has 0 radical (unpaired) electrons. The van der Waals surface area contributed by atoms with Gasteiger partial charge in [0.25, 0.3) is 0 Å². The second kappa shape index (κ2) is 15.3. The van der Waals surface area contributed by atoms with E-state index in [0.29, 0.717) is 23.7 Å². The minimum atomic E-state index is 0.427. The molecule has 4 heterocycles. The Morgan fingerprint density at radius 2 is 1.32 bits per heavy atom. The van der Waals surface area contributed by atoms with Gasteiger partial charge < -0.3 is 20.7 Å². The van der Waals surface area contributed by atoms with E-state index in [1.54, 1.807) is 0 Å². The van der Waals surface area contributed by atoms with Gasteiger partial charge in [-0.25, -0.2) is 19.9 Å². The Morgan fingerprint density at radius 3 is 1.83 bits per heavy atom. The van der Waals surface area contributed by atoms with Gasteiger partial charge in [0.2, 0.25) is 11.9 Å². The summed E-state index contributed by atoms with van der Waals surface area (Å²) in [6.07, 6.45) is 4.47. The number of aromatic nitrogens is 4. The van der Waals surface area contributed by atoms with Crippen molar-refractivity contribution < 1.29 is 4.74 Å². The molecule has 0 unspecified atom stereocenters. The van der Waals surface area contributed by atoms with Crippen molar-refractivity contribution in [2.24, 2.45) is 0 Å². The zero-order chi connectivity index (χ0) is 29.2. The first-order chi connectivity index (χ1) is 19.8. The van der Waals surface area contributed by atoms with Crippen LogP contribution in [0.3, 0.4) is 0 Å². The topological polar surface area (TPSA) is 100 Å². The lowest BCUT2D eigenvalue weighted by molar-refractivity contribution is 0.210. The molecule has 0 spiro atoms. The van der Waals surface area contributed by atoms with Gasteiger partial charge in [0.1, 0.15) is 5.75 Å². The number of piperidine rings is 2. The van der Waals surface area contributed by atoms with E-state index >= 15 is 0 Å². The molecular formula is C31H45ClN8O. The van der Waals surface area contributed by atoms with Crippen LogP contribution in [0, 0.1) is 27.7 Å². The number of nitrogens with zero attached hydrogens (tertiary/aromatic N) is 5. The van der Waals surface area contributed by atoms with Crippen molar-refractivity contribution in [1.82, 2.24) is 30.2 Å². The normalized spacial score (nSPS) is 16.5. The molecular weight excluding hydrogens is 536 g/mol. The van der Waals surface area contributed by atoms with Crippen LogP contribution in [0.1, 0.15) is 60.9 Å². The van der Waals surface area contributed by atoms with Crippen molar-refractivity contribution in [1.29, 1.82) is 0 Å². The van der Waals surface area contributed by atoms with Crippen LogP contribution >= 0.6 is 11.6 Å². The number of halogens is 1. The van der Waals surface area contributed by atoms with E-state index in [1.807, 2.05) is 52.8 Å². The van der Waals surface area contributed by atoms with Gasteiger partial charge in [0, 0.05) is 54.5 Å². The van der Waals surface area contributed by atoms with Crippen LogP contribution in [0.25, 0.3) is 0 Å². The van der Waals surface area contributed by atoms with Crippen molar-refractivity contribution in [2.45, 2.75) is 78.9 Å². The number of ether oxygens (including phenoxy) is 1. The van der Waals surface area contributed by atoms with Gasteiger partial charge in [-0.1, -0.05) is 17.7 Å². The molecule has 0 aliphatic carbocycles. The van der Waals surface area contributed by atoms with Gasteiger partial charge in [-0.2, -0.15) is 0 Å². The van der Waals surface area contributed by atoms with Gasteiger partial charge >= 0.3 is 0 Å². The molecule has 0 atom stereocenters. The maximum Gasteiger partial charge on any atom is 0.223 e. The van der Waals surface area contributed by atoms with Crippen LogP contribution in [-0.4, -0.2) is 69.7 Å². The van der Waals surface area contributed by atoms with Crippen molar-refractivity contribution in [3.63, 3.8) is 0 Å². The quantitative estimate of drug-likeness (QED) is 0.320. The molecule has 2 fully saturated rings. The largest absolute Gasteiger partial charge is 0.492 e. The Bertz CT molecular complexity index is 1220. The highest BCUT2D eigenvalue weighted by atomic mass is 35.5. The first kappa shape index (κ1) is 30.9. The number of rotatable bonds is 8. The summed E-state index contributed by atoms with van der Waals surface area (Å²) >= 11 is 6.18. The predicted octanol–water partition coefficient (Wildman–Crippen LogP) is 5.48. The van der Waals surface area contributed by atoms with Crippen LogP contribution in [-0.2, 0) is 6.54 Å². The lowest BCUT2D eigenvalue weighted by Crippen LogP contribution is -2.39. The highest BCUT2D eigenvalue weighted by Gasteiger charge is 2.20. The Labute approximate surface area is 249 Å². The fourth-order valence-electron chi connectivity index (χ4n) is 5.32. The van der Waals surface area contributed by atoms with Crippen molar-refractivity contribution >= 4 is 23.5 Å². The number of nitrogens with one attached hydrogen (secondary N) is 3. The third kappa shape index (κ3) is 10.1. The Hall–Kier alpha value is -3.01. The second-order valence-corrected chi connectivity index (χ2v) is 11.4. The van der Waals surface area contributed by atoms with E-state index in [9.17, 15) is 0 Å². The standard InChI is InChI=1S/C20H27ClN4O.C11H18N4/c1-4-26-19-12-16(5-6-18(19)21)13-25-9-7-17(8-10-25)24-20-22-14(2)11-15(3)23-20;1-8-7-9(2)14-11(13-8)15-10-3-5-12-6-4-10/h5-6,11-12,17H,4,7-10,13H2,1-3H3,(H,22,23,24);7,10,12H,3-6H2,1-2H3,(H,13,14,15). The number of aryl methyl sites for hydroxylation is 4. The van der Waals surface area contributed by atoms with Crippen LogP contribution in [0.5, 0.6) is 5.75 Å². The van der Waals surface area contributed by atoms with Gasteiger partial charge in [0.15, 0.2) is 0 Å². The van der Waals surface area contributed by atoms with E-state index < -0.39 is 0 Å². The summed E-state index contributed by atoms with van der Waals surface area (Å²) in [5, 5.41) is 10.9. The van der Waals surface area contributed by atoms with Crippen molar-refractivity contribution in [3.05, 3.63) is 63.7 Å². The Balaban J connectivity index is 0.000000218. The lowest BCUT2D eigenvalue weighted by atomic mass is 10.0. The molecule has 0 saturated carbocycles. The monoisotopic (exact) mass is 580 g/mol. The van der Waals surface area contributed by atoms with Crippen LogP contribution in [0.15, 0.2) is 30.3 Å². The fourth-order valence-corrected chi connectivity index (χ4v) is 5.49. The molecule has 222 valence electrons. The summed E-state index contributed by atoms with van der Waals surface area (Å²) in [5.41, 5.74) is 5.30. The molecule has 5 rings (SSSR count). The average molecular weight is 581 g/mol. The molecule has 10 heteroatoms. The highest BCUT2D eigenvalue weighted by molar-refractivity contribution is 6.32. The van der Waals surface area contributed by atoms with Crippen molar-refractivity contribution in [2.75, 3.05) is 43.4 Å². The van der Waals surface area contributed by atoms with Crippen LogP contribution < -0.4 is 20.7 Å². The molecule has 2 aromatic heterocycles. The molecule has 0 bridgehead atoms. The molecule has 3 aromatic rings. The van der Waals surface area contributed by atoms with Gasteiger partial charge in [0.05, 0.1) is 11.6 Å². The van der Waals surface area contributed by atoms with Gasteiger partial charge in [-0.3, -0.25) is 4.90 Å². The Morgan fingerprint density at radius 1 is 0.805 bits per heavy atom. The minimum Gasteiger partial charge on any atom is -0.492 e. The number of hydrogen-bond acceptors (Lipinski definition) is 9. The fraction of sp³-hybridized carbons (Fsp3) is 0.548. The van der Waals surface area contributed by atoms with Crippen molar-refractivity contribution in [3.8, 4) is 5.75 Å². The van der Waals surface area contributed by atoms with E-state index in [4.69, 9.17) is 16.3 Å². The van der Waals surface area contributed by atoms with E-state index in [-0.39, 0.29) is 0 Å². The summed E-state index contributed by atoms with van der Waals surface area (Å²) < 4.78 is 5.59. The smallest absolute Gasteiger partial charge is 0.223 e. The summed E-state index contributed by atoms with van der Waals surface area (Å²) in [6, 6.07) is 11.0. The zero-order valence-electron chi connectivity index (χ0n) is 25.1. The molecule has 3 N–H and O–H groups in total. The van der Waals surface area contributed by atoms with Gasteiger partial charge in [-0.05, 0) is 103 Å². The lowest BCUT2D eigenvalue weighted by Gasteiger charge is -2.32. The van der Waals surface area contributed by atoms with E-state index in [1.165, 1.54) is 5.56 Å². The number of anilines is 2. The number of likely N-dealkylation sites (tertiary alicyclic amines) is 1. The van der Waals surface area contributed by atoms with Crippen LogP contribution in [0.4, 0.5) is 11.9 Å². The summed E-state index contributed by atoms with van der Waals surface area (Å²) in [5.74, 6) is 2.30. The molecule has 2 aliphatic heterocycles. The SMILES string of the molecule is CCOc1cc(CN2CCC(Nc3nc(C)cc(C)n3)CC2)ccc1Cl.Cc1cc(C)nc(NC2CCNCC2)n1. The predicted molar refractivity (Wildman–Crippen MR) is 167 cm³/mol. The van der Waals surface area contributed by atoms with Crippen LogP contribution in [0.2, 0.25) is 5.02 Å². The highest BCUT2D eigenvalue weighted by Crippen LogP contribution is 2.27. The number of benzene rings is 1. The molecule has 41 heavy (non-hydrogen) atoms. The Kier molecular flexibility index (Phi) is 11.5. The van der Waals surface area contributed by atoms with Gasteiger partial charge in [-0.15, -0.1) is 0 Å². The molecule has 2 aliphatic rings. The summed E-state index contributed by atoms with van der Waals surface area (Å²) in [7, 11) is 0. The van der Waals surface area contributed by atoms with E-state index in [0.717, 1.165) is 98.8 Å². The summed E-state index contributed by atoms with van der Waals surface area (Å²) in [6.45, 7) is 15.8. The summed E-state index contributed by atoms with van der Waals surface area (Å²) in [4.78, 5) is 20.2. The number of hydrogen-bond donors (Lipinski definition) is 3. The molecule has 0 amide bonds. The molecule has 2 saturated heterocycles. The molecule has 9 nitrogen and oxygen atoms in total. The third-order valence-electron chi connectivity index (χ3n) is 7.26. The average Bonchev–Trinajstić information content (AvgIpc) is 2.92. The third-order valence-corrected chi connectivity index (χ3v) is 7.57. The molecule has 1 aromatic carbocycles. The first-order valence-corrected chi connectivity index (χ1v) is 15.2. The second-order valence-electron chi connectivity index (χ2n) is 11.0. The zero-order valence-corrected chi connectivity index (χ0v) is 25.9. The maximum atomic E-state index is 6.18. The first-order valence-electron chi connectivity index (χ1n) is 14.8. The minimum absolute atomic E-state index is 0.427. The maximum absolute atomic E-state index is 6.18.